The number of amides is 1. The maximum Gasteiger partial charge on any atom is 0.262 e. The van der Waals surface area contributed by atoms with Gasteiger partial charge in [0.15, 0.2) is 12.4 Å². The Balaban J connectivity index is 1.72. The highest BCUT2D eigenvalue weighted by atomic mass is 35.5. The lowest BCUT2D eigenvalue weighted by Gasteiger charge is -2.14. The molecule has 0 aromatic heterocycles. The lowest BCUT2D eigenvalue weighted by molar-refractivity contribution is -0.118. The van der Waals surface area contributed by atoms with Gasteiger partial charge in [0.05, 0.1) is 17.9 Å². The molecule has 0 spiro atoms. The third kappa shape index (κ3) is 4.57. The van der Waals surface area contributed by atoms with Gasteiger partial charge in [0.1, 0.15) is 23.4 Å². The maximum atomic E-state index is 12.4. The first-order valence-corrected chi connectivity index (χ1v) is 9.44. The summed E-state index contributed by atoms with van der Waals surface area (Å²) in [4.78, 5) is 24.1. The summed E-state index contributed by atoms with van der Waals surface area (Å²) in [6.45, 7) is 5.50. The molecule has 0 radical (unpaired) electrons. The Bertz CT molecular complexity index is 912. The first-order valence-electron chi connectivity index (χ1n) is 9.07. The summed E-state index contributed by atoms with van der Waals surface area (Å²) in [6, 6.07) is 8.36. The molecular weight excluding hydrogens is 382 g/mol. The average Bonchev–Trinajstić information content (AvgIpc) is 2.99. The predicted molar refractivity (Wildman–Crippen MR) is 107 cm³/mol. The van der Waals surface area contributed by atoms with Crippen molar-refractivity contribution in [2.45, 2.75) is 33.3 Å². The van der Waals surface area contributed by atoms with Gasteiger partial charge >= 0.3 is 0 Å². The largest absolute Gasteiger partial charge is 0.492 e. The number of carbonyl (C=O) groups excluding carboxylic acids is 2. The van der Waals surface area contributed by atoms with E-state index in [-0.39, 0.29) is 24.4 Å². The van der Waals surface area contributed by atoms with Gasteiger partial charge in [0.25, 0.3) is 5.91 Å². The minimum atomic E-state index is -0.378. The summed E-state index contributed by atoms with van der Waals surface area (Å²) >= 11 is 5.92. The van der Waals surface area contributed by atoms with E-state index in [0.29, 0.717) is 34.4 Å². The standard InChI is InChI=1S/C21H22ClNO5/c1-4-26-20-8-14-7-12(2)28-19(14)10-17(20)23-21(25)11-27-18-6-5-15(22)9-16(18)13(3)24/h5-6,8-10,12H,4,7,11H2,1-3H3,(H,23,25). The molecule has 2 aromatic rings. The number of Topliss-reactive ketones (excluding diaryl/α,β-unsaturated/α-hetero) is 1. The van der Waals surface area contributed by atoms with Crippen LogP contribution in [0.2, 0.25) is 5.02 Å². The summed E-state index contributed by atoms with van der Waals surface area (Å²) in [7, 11) is 0. The molecule has 0 saturated carbocycles. The number of anilines is 1. The molecule has 3 rings (SSSR count). The van der Waals surface area contributed by atoms with Crippen molar-refractivity contribution in [2.75, 3.05) is 18.5 Å². The van der Waals surface area contributed by atoms with E-state index in [2.05, 4.69) is 5.32 Å². The third-order valence-corrected chi connectivity index (χ3v) is 4.49. The zero-order valence-electron chi connectivity index (χ0n) is 16.0. The molecule has 1 aliphatic heterocycles. The molecule has 2 aromatic carbocycles. The first-order chi connectivity index (χ1) is 13.4. The van der Waals surface area contributed by atoms with Crippen LogP contribution in [0.25, 0.3) is 0 Å². The maximum absolute atomic E-state index is 12.4. The fourth-order valence-corrected chi connectivity index (χ4v) is 3.22. The van der Waals surface area contributed by atoms with Gasteiger partial charge in [-0.3, -0.25) is 9.59 Å². The highest BCUT2D eigenvalue weighted by Gasteiger charge is 2.22. The number of benzene rings is 2. The highest BCUT2D eigenvalue weighted by molar-refractivity contribution is 6.31. The predicted octanol–water partition coefficient (Wildman–Crippen LogP) is 4.28. The van der Waals surface area contributed by atoms with E-state index in [0.717, 1.165) is 17.7 Å². The Morgan fingerprint density at radius 2 is 2.00 bits per heavy atom. The fourth-order valence-electron chi connectivity index (χ4n) is 3.04. The van der Waals surface area contributed by atoms with Crippen molar-refractivity contribution >= 4 is 29.0 Å². The molecule has 0 saturated heterocycles. The minimum Gasteiger partial charge on any atom is -0.492 e. The van der Waals surface area contributed by atoms with Crippen LogP contribution in [-0.4, -0.2) is 31.0 Å². The average molecular weight is 404 g/mol. The molecule has 1 amide bonds. The number of fused-ring (bicyclic) bond motifs is 1. The molecule has 148 valence electrons. The second-order valence-corrected chi connectivity index (χ2v) is 6.99. The molecular formula is C21H22ClNO5. The summed E-state index contributed by atoms with van der Waals surface area (Å²) in [5.74, 6) is 1.06. The van der Waals surface area contributed by atoms with Gasteiger partial charge in [0.2, 0.25) is 0 Å². The number of ketones is 1. The summed E-state index contributed by atoms with van der Waals surface area (Å²) in [5.41, 5.74) is 1.90. The Labute approximate surface area is 168 Å². The van der Waals surface area contributed by atoms with Crippen LogP contribution >= 0.6 is 11.6 Å². The van der Waals surface area contributed by atoms with Crippen LogP contribution in [0.15, 0.2) is 30.3 Å². The zero-order chi connectivity index (χ0) is 20.3. The lowest BCUT2D eigenvalue weighted by atomic mass is 10.1. The van der Waals surface area contributed by atoms with Crippen LogP contribution in [0.3, 0.4) is 0 Å². The number of nitrogens with one attached hydrogen (secondary N) is 1. The van der Waals surface area contributed by atoms with Gasteiger partial charge in [-0.2, -0.15) is 0 Å². The van der Waals surface area contributed by atoms with Crippen molar-refractivity contribution in [1.29, 1.82) is 0 Å². The van der Waals surface area contributed by atoms with Crippen LogP contribution < -0.4 is 19.5 Å². The first kappa shape index (κ1) is 20.0. The molecule has 6 nitrogen and oxygen atoms in total. The van der Waals surface area contributed by atoms with E-state index < -0.39 is 0 Å². The molecule has 0 aliphatic carbocycles. The number of rotatable bonds is 7. The molecule has 0 bridgehead atoms. The molecule has 1 atom stereocenters. The second-order valence-electron chi connectivity index (χ2n) is 6.56. The number of halogens is 1. The molecule has 28 heavy (non-hydrogen) atoms. The van der Waals surface area contributed by atoms with E-state index in [1.165, 1.54) is 13.0 Å². The normalized spacial score (nSPS) is 14.8. The van der Waals surface area contributed by atoms with Gasteiger partial charge in [-0.15, -0.1) is 0 Å². The SMILES string of the molecule is CCOc1cc2c(cc1NC(=O)COc1ccc(Cl)cc1C(C)=O)OC(C)C2. The van der Waals surface area contributed by atoms with Crippen molar-refractivity contribution < 1.29 is 23.8 Å². The van der Waals surface area contributed by atoms with Crippen LogP contribution in [0.5, 0.6) is 17.2 Å². The lowest BCUT2D eigenvalue weighted by Crippen LogP contribution is -2.21. The molecule has 1 aliphatic rings. The fraction of sp³-hybridized carbons (Fsp3) is 0.333. The molecule has 0 fully saturated rings. The zero-order valence-corrected chi connectivity index (χ0v) is 16.8. The van der Waals surface area contributed by atoms with Crippen molar-refractivity contribution in [2.24, 2.45) is 0 Å². The van der Waals surface area contributed by atoms with E-state index in [1.54, 1.807) is 18.2 Å². The molecule has 1 N–H and O–H groups in total. The van der Waals surface area contributed by atoms with E-state index in [1.807, 2.05) is 19.9 Å². The number of hydrogen-bond acceptors (Lipinski definition) is 5. The van der Waals surface area contributed by atoms with Gasteiger partial charge in [0, 0.05) is 23.1 Å². The van der Waals surface area contributed by atoms with Gasteiger partial charge in [-0.25, -0.2) is 0 Å². The van der Waals surface area contributed by atoms with Crippen LogP contribution in [0, 0.1) is 0 Å². The van der Waals surface area contributed by atoms with E-state index in [9.17, 15) is 9.59 Å². The van der Waals surface area contributed by atoms with Crippen LogP contribution in [0.4, 0.5) is 5.69 Å². The third-order valence-electron chi connectivity index (χ3n) is 4.25. The smallest absolute Gasteiger partial charge is 0.262 e. The second kappa shape index (κ2) is 8.52. The Morgan fingerprint density at radius 1 is 1.21 bits per heavy atom. The van der Waals surface area contributed by atoms with Crippen molar-refractivity contribution in [3.63, 3.8) is 0 Å². The number of hydrogen-bond donors (Lipinski definition) is 1. The van der Waals surface area contributed by atoms with Crippen molar-refractivity contribution in [1.82, 2.24) is 0 Å². The van der Waals surface area contributed by atoms with E-state index >= 15 is 0 Å². The van der Waals surface area contributed by atoms with Gasteiger partial charge in [-0.1, -0.05) is 11.6 Å². The highest BCUT2D eigenvalue weighted by Crippen LogP contribution is 2.38. The summed E-state index contributed by atoms with van der Waals surface area (Å²) in [5, 5.41) is 3.22. The Hall–Kier alpha value is -2.73. The molecule has 1 heterocycles. The Kier molecular flexibility index (Phi) is 6.09. The summed E-state index contributed by atoms with van der Waals surface area (Å²) in [6.07, 6.45) is 0.894. The monoisotopic (exact) mass is 403 g/mol. The topological polar surface area (TPSA) is 73.9 Å². The van der Waals surface area contributed by atoms with Gasteiger partial charge < -0.3 is 19.5 Å². The quantitative estimate of drug-likeness (QED) is 0.698. The Morgan fingerprint density at radius 3 is 2.71 bits per heavy atom. The van der Waals surface area contributed by atoms with Crippen molar-refractivity contribution in [3.05, 3.63) is 46.5 Å². The minimum absolute atomic E-state index is 0.0914. The number of carbonyl (C=O) groups is 2. The molecule has 7 heteroatoms. The number of ether oxygens (including phenoxy) is 3. The van der Waals surface area contributed by atoms with Crippen LogP contribution in [-0.2, 0) is 11.2 Å². The van der Waals surface area contributed by atoms with E-state index in [4.69, 9.17) is 25.8 Å². The van der Waals surface area contributed by atoms with Crippen LogP contribution in [0.1, 0.15) is 36.7 Å². The molecule has 1 unspecified atom stereocenters. The van der Waals surface area contributed by atoms with Gasteiger partial charge in [-0.05, 0) is 45.0 Å². The van der Waals surface area contributed by atoms with Crippen molar-refractivity contribution in [3.8, 4) is 17.2 Å². The summed E-state index contributed by atoms with van der Waals surface area (Å²) < 4.78 is 16.9.